The summed E-state index contributed by atoms with van der Waals surface area (Å²) in [5.74, 6) is -1.29. The first-order valence-corrected chi connectivity index (χ1v) is 12.0. The van der Waals surface area contributed by atoms with Crippen molar-refractivity contribution in [1.82, 2.24) is 19.8 Å². The van der Waals surface area contributed by atoms with Crippen LogP contribution in [0.15, 0.2) is 23.2 Å². The molecule has 33 heavy (non-hydrogen) atoms. The molecule has 0 aliphatic rings. The Morgan fingerprint density at radius 1 is 1.15 bits per heavy atom. The van der Waals surface area contributed by atoms with E-state index in [1.54, 1.807) is 0 Å². The smallest absolute Gasteiger partial charge is 0.354 e. The number of urea groups is 1. The fraction of sp³-hybridized carbons (Fsp3) is 0.476. The van der Waals surface area contributed by atoms with Gasteiger partial charge in [0.05, 0.1) is 6.61 Å². The fourth-order valence-corrected chi connectivity index (χ4v) is 4.40. The van der Waals surface area contributed by atoms with Crippen molar-refractivity contribution in [3.8, 4) is 0 Å². The van der Waals surface area contributed by atoms with Crippen LogP contribution in [0, 0.1) is 0 Å². The second-order valence-corrected chi connectivity index (χ2v) is 9.80. The topological polar surface area (TPSA) is 163 Å². The van der Waals surface area contributed by atoms with Gasteiger partial charge in [-0.25, -0.2) is 14.3 Å². The first kappa shape index (κ1) is 26.3. The minimum Gasteiger partial charge on any atom is -0.477 e. The molecule has 2 aromatic rings. The predicted octanol–water partition coefficient (Wildman–Crippen LogP) is 1.96. The quantitative estimate of drug-likeness (QED) is 0.322. The molecule has 1 aromatic heterocycles. The number of aromatic nitrogens is 2. The molecule has 0 aliphatic heterocycles. The molecule has 2 rings (SSSR count). The van der Waals surface area contributed by atoms with E-state index in [-0.39, 0.29) is 24.1 Å². The third kappa shape index (κ3) is 6.30. The number of aryl methyl sites for hydroxylation is 1. The number of carboxylic acids is 1. The molecule has 0 saturated carbocycles. The maximum atomic E-state index is 12.7. The summed E-state index contributed by atoms with van der Waals surface area (Å²) in [4.78, 5) is 23.9. The van der Waals surface area contributed by atoms with Gasteiger partial charge in [0.1, 0.15) is 5.69 Å². The number of rotatable bonds is 10. The summed E-state index contributed by atoms with van der Waals surface area (Å²) in [6, 6.07) is 3.73. The van der Waals surface area contributed by atoms with E-state index in [0.29, 0.717) is 18.8 Å². The molecule has 0 radical (unpaired) electrons. The second kappa shape index (κ2) is 10.8. The summed E-state index contributed by atoms with van der Waals surface area (Å²) in [7, 11) is -3.11. The highest BCUT2D eigenvalue weighted by molar-refractivity contribution is 7.90. The largest absolute Gasteiger partial charge is 0.477 e. The van der Waals surface area contributed by atoms with Gasteiger partial charge in [0.2, 0.25) is 0 Å². The predicted molar refractivity (Wildman–Crippen MR) is 123 cm³/mol. The van der Waals surface area contributed by atoms with Gasteiger partial charge in [0.25, 0.3) is 10.0 Å². The van der Waals surface area contributed by atoms with E-state index >= 15 is 0 Å². The average molecular weight is 482 g/mol. The van der Waals surface area contributed by atoms with Crippen molar-refractivity contribution < 1.29 is 28.2 Å². The van der Waals surface area contributed by atoms with Gasteiger partial charge in [-0.2, -0.15) is 13.5 Å². The number of carboxylic acid groups (broad SMARTS) is 1. The van der Waals surface area contributed by atoms with E-state index in [4.69, 9.17) is 10.2 Å². The minimum atomic E-state index is -4.41. The Labute approximate surface area is 193 Å². The SMILES string of the molecule is CC(C)c1ccc(CNCCO)c(C(C)C)c1NC(=O)NS(=O)(=O)c1cc(C(=O)O)n(C)n1. The van der Waals surface area contributed by atoms with Crippen LogP contribution in [0.25, 0.3) is 0 Å². The monoisotopic (exact) mass is 481 g/mol. The molecule has 0 unspecified atom stereocenters. The number of aromatic carboxylic acids is 1. The minimum absolute atomic E-state index is 0.00967. The van der Waals surface area contributed by atoms with Crippen LogP contribution in [0.5, 0.6) is 0 Å². The molecule has 11 nitrogen and oxygen atoms in total. The van der Waals surface area contributed by atoms with Gasteiger partial charge in [-0.3, -0.25) is 4.68 Å². The van der Waals surface area contributed by atoms with Crippen molar-refractivity contribution >= 4 is 27.7 Å². The molecule has 1 heterocycles. The first-order valence-electron chi connectivity index (χ1n) is 10.5. The zero-order valence-electron chi connectivity index (χ0n) is 19.3. The zero-order chi connectivity index (χ0) is 24.9. The summed E-state index contributed by atoms with van der Waals surface area (Å²) >= 11 is 0. The second-order valence-electron chi connectivity index (χ2n) is 8.17. The van der Waals surface area contributed by atoms with Crippen molar-refractivity contribution in [3.05, 3.63) is 40.6 Å². The number of nitrogens with one attached hydrogen (secondary N) is 3. The standard InChI is InChI=1S/C21H31N5O6S/c1-12(2)15-7-6-14(11-22-8-9-27)18(13(3)4)19(15)23-21(30)25-33(31,32)17-10-16(20(28)29)26(5)24-17/h6-7,10,12-13,22,27H,8-9,11H2,1-5H3,(H,28,29)(H2,23,25,30). The molecular formula is C21H31N5O6S. The molecule has 0 aliphatic carbocycles. The molecule has 0 spiro atoms. The number of carbonyl (C=O) groups is 2. The number of benzene rings is 1. The summed E-state index contributed by atoms with van der Waals surface area (Å²) in [6.07, 6.45) is 0. The van der Waals surface area contributed by atoms with Crippen LogP contribution in [0.1, 0.15) is 66.7 Å². The number of aliphatic hydroxyl groups is 1. The lowest BCUT2D eigenvalue weighted by molar-refractivity contribution is 0.0685. The van der Waals surface area contributed by atoms with Gasteiger partial charge in [-0.05, 0) is 28.5 Å². The molecule has 0 saturated heterocycles. The number of sulfonamides is 1. The van der Waals surface area contributed by atoms with Crippen LogP contribution in [0.3, 0.4) is 0 Å². The van der Waals surface area contributed by atoms with Gasteiger partial charge in [0, 0.05) is 31.9 Å². The van der Waals surface area contributed by atoms with Crippen LogP contribution in [-0.2, 0) is 23.6 Å². The van der Waals surface area contributed by atoms with Crippen LogP contribution in [0.4, 0.5) is 10.5 Å². The van der Waals surface area contributed by atoms with Crippen molar-refractivity contribution in [2.45, 2.75) is 51.1 Å². The highest BCUT2D eigenvalue weighted by Crippen LogP contribution is 2.35. The molecule has 0 bridgehead atoms. The summed E-state index contributed by atoms with van der Waals surface area (Å²) in [6.45, 7) is 8.73. The molecule has 2 amide bonds. The Morgan fingerprint density at radius 2 is 1.82 bits per heavy atom. The number of carbonyl (C=O) groups excluding carboxylic acids is 1. The molecular weight excluding hydrogens is 450 g/mol. The van der Waals surface area contributed by atoms with E-state index in [1.165, 1.54) is 7.05 Å². The third-order valence-electron chi connectivity index (χ3n) is 4.99. The number of hydrogen-bond donors (Lipinski definition) is 5. The maximum absolute atomic E-state index is 12.7. The molecule has 182 valence electrons. The molecule has 0 fully saturated rings. The van der Waals surface area contributed by atoms with Gasteiger partial charge < -0.3 is 20.8 Å². The van der Waals surface area contributed by atoms with Crippen molar-refractivity contribution in [2.75, 3.05) is 18.5 Å². The highest BCUT2D eigenvalue weighted by atomic mass is 32.2. The van der Waals surface area contributed by atoms with Crippen LogP contribution in [-0.4, -0.2) is 53.6 Å². The van der Waals surface area contributed by atoms with Crippen molar-refractivity contribution in [2.24, 2.45) is 7.05 Å². The Hall–Kier alpha value is -2.96. The molecule has 0 atom stereocenters. The van der Waals surface area contributed by atoms with Gasteiger partial charge in [-0.15, -0.1) is 0 Å². The maximum Gasteiger partial charge on any atom is 0.354 e. The van der Waals surface area contributed by atoms with E-state index in [2.05, 4.69) is 15.7 Å². The van der Waals surface area contributed by atoms with Gasteiger partial charge in [0.15, 0.2) is 5.03 Å². The number of aliphatic hydroxyl groups excluding tert-OH is 1. The number of anilines is 1. The van der Waals surface area contributed by atoms with Crippen molar-refractivity contribution in [1.29, 1.82) is 0 Å². The highest BCUT2D eigenvalue weighted by Gasteiger charge is 2.26. The normalized spacial score (nSPS) is 11.8. The van der Waals surface area contributed by atoms with Crippen LogP contribution in [0.2, 0.25) is 0 Å². The van der Waals surface area contributed by atoms with Gasteiger partial charge in [-0.1, -0.05) is 39.8 Å². The molecule has 12 heteroatoms. The van der Waals surface area contributed by atoms with E-state index in [1.807, 2.05) is 44.5 Å². The number of amides is 2. The Kier molecular flexibility index (Phi) is 8.58. The van der Waals surface area contributed by atoms with Crippen LogP contribution >= 0.6 is 0 Å². The molecule has 5 N–H and O–H groups in total. The number of nitrogens with zero attached hydrogens (tertiary/aromatic N) is 2. The fourth-order valence-electron chi connectivity index (χ4n) is 3.50. The van der Waals surface area contributed by atoms with Gasteiger partial charge >= 0.3 is 12.0 Å². The summed E-state index contributed by atoms with van der Waals surface area (Å²) < 4.78 is 28.1. The summed E-state index contributed by atoms with van der Waals surface area (Å²) in [5.41, 5.74) is 2.79. The van der Waals surface area contributed by atoms with Crippen molar-refractivity contribution in [3.63, 3.8) is 0 Å². The Bertz CT molecular complexity index is 1120. The van der Waals surface area contributed by atoms with E-state index in [0.717, 1.165) is 27.4 Å². The van der Waals surface area contributed by atoms with E-state index in [9.17, 15) is 18.0 Å². The lowest BCUT2D eigenvalue weighted by atomic mass is 9.88. The molecule has 1 aromatic carbocycles. The zero-order valence-corrected chi connectivity index (χ0v) is 20.2. The first-order chi connectivity index (χ1) is 15.4. The Morgan fingerprint density at radius 3 is 2.33 bits per heavy atom. The van der Waals surface area contributed by atoms with E-state index < -0.39 is 27.0 Å². The average Bonchev–Trinajstić information content (AvgIpc) is 3.10. The van der Waals surface area contributed by atoms with Crippen LogP contribution < -0.4 is 15.4 Å². The lowest BCUT2D eigenvalue weighted by Crippen LogP contribution is -2.35. The lowest BCUT2D eigenvalue weighted by Gasteiger charge is -2.24. The number of hydrogen-bond acceptors (Lipinski definition) is 7. The Balaban J connectivity index is 2.39. The third-order valence-corrected chi connectivity index (χ3v) is 6.19. The summed E-state index contributed by atoms with van der Waals surface area (Å²) in [5, 5.41) is 27.1.